The number of hydrogen-bond acceptors (Lipinski definition) is 4. The lowest BCUT2D eigenvalue weighted by Gasteiger charge is -1.81. The van der Waals surface area contributed by atoms with Gasteiger partial charge in [-0.3, -0.25) is 4.79 Å². The molecule has 0 aromatic heterocycles. The third-order valence-electron chi connectivity index (χ3n) is 0.468. The van der Waals surface area contributed by atoms with Crippen LogP contribution in [0.3, 0.4) is 0 Å². The predicted octanol–water partition coefficient (Wildman–Crippen LogP) is -1.69. The van der Waals surface area contributed by atoms with Crippen LogP contribution >= 0.6 is 0 Å². The molecule has 0 aromatic rings. The summed E-state index contributed by atoms with van der Waals surface area (Å²) >= 11 is 0. The summed E-state index contributed by atoms with van der Waals surface area (Å²) in [6.07, 6.45) is 0. The minimum absolute atomic E-state index is 0.468. The third-order valence-corrected chi connectivity index (χ3v) is 0.468. The molecule has 0 saturated heterocycles. The number of nitrogens with two attached hydrogens (primary N) is 2. The molecule has 0 rings (SSSR count). The van der Waals surface area contributed by atoms with Crippen LogP contribution in [-0.2, 0) is 4.79 Å². The number of carbonyl (C=O) groups is 1. The second kappa shape index (κ2) is 2.58. The number of carbonyl (C=O) groups excluding carboxylic acids is 1. The van der Waals surface area contributed by atoms with Gasteiger partial charge in [-0.05, 0) is 0 Å². The van der Waals surface area contributed by atoms with Gasteiger partial charge in [0.1, 0.15) is 6.07 Å². The summed E-state index contributed by atoms with van der Waals surface area (Å²) in [7, 11) is 0. The summed E-state index contributed by atoms with van der Waals surface area (Å²) in [5.74, 6) is 3.64. The van der Waals surface area contributed by atoms with Gasteiger partial charge in [0.15, 0.2) is 0 Å². The standard InChI is InChI=1S/C3H4N4O/c4-1-2(7-6)3(5)8/h6H2,(H2,5,8)/b7-2-. The molecule has 0 atom stereocenters. The van der Waals surface area contributed by atoms with Crippen LogP contribution in [-0.4, -0.2) is 11.6 Å². The van der Waals surface area contributed by atoms with Crippen LogP contribution in [0.15, 0.2) is 5.10 Å². The molecule has 0 heterocycles. The summed E-state index contributed by atoms with van der Waals surface area (Å²) in [6, 6.07) is 1.40. The lowest BCUT2D eigenvalue weighted by atomic mass is 10.4. The lowest BCUT2D eigenvalue weighted by Crippen LogP contribution is -2.22. The van der Waals surface area contributed by atoms with E-state index in [4.69, 9.17) is 5.26 Å². The number of rotatable bonds is 1. The molecule has 0 saturated carbocycles. The Kier molecular flexibility index (Phi) is 2.07. The van der Waals surface area contributed by atoms with Crippen molar-refractivity contribution in [1.82, 2.24) is 0 Å². The average molecular weight is 112 g/mol. The van der Waals surface area contributed by atoms with Gasteiger partial charge in [0.25, 0.3) is 5.91 Å². The highest BCUT2D eigenvalue weighted by Crippen LogP contribution is 1.66. The lowest BCUT2D eigenvalue weighted by molar-refractivity contribution is -0.111. The van der Waals surface area contributed by atoms with Crippen molar-refractivity contribution in [2.45, 2.75) is 0 Å². The van der Waals surface area contributed by atoms with Gasteiger partial charge >= 0.3 is 0 Å². The molecule has 0 aliphatic rings. The van der Waals surface area contributed by atoms with E-state index < -0.39 is 11.6 Å². The predicted molar refractivity (Wildman–Crippen MR) is 26.4 cm³/mol. The Labute approximate surface area is 45.6 Å². The fraction of sp³-hybridized carbons (Fsp3) is 0. The van der Waals surface area contributed by atoms with E-state index in [1.165, 1.54) is 6.07 Å². The zero-order valence-corrected chi connectivity index (χ0v) is 3.96. The van der Waals surface area contributed by atoms with Crippen LogP contribution in [0.25, 0.3) is 0 Å². The van der Waals surface area contributed by atoms with Gasteiger partial charge in [-0.25, -0.2) is 0 Å². The van der Waals surface area contributed by atoms with Crippen molar-refractivity contribution < 1.29 is 4.79 Å². The number of primary amides is 1. The molecule has 0 aromatic carbocycles. The van der Waals surface area contributed by atoms with Crippen LogP contribution in [0.4, 0.5) is 0 Å². The van der Waals surface area contributed by atoms with E-state index in [9.17, 15) is 4.79 Å². The van der Waals surface area contributed by atoms with Crippen LogP contribution in [0.5, 0.6) is 0 Å². The van der Waals surface area contributed by atoms with E-state index in [0.29, 0.717) is 0 Å². The highest BCUT2D eigenvalue weighted by molar-refractivity contribution is 6.44. The van der Waals surface area contributed by atoms with Crippen molar-refractivity contribution in [3.05, 3.63) is 0 Å². The van der Waals surface area contributed by atoms with Crippen molar-refractivity contribution in [2.75, 3.05) is 0 Å². The van der Waals surface area contributed by atoms with Crippen molar-refractivity contribution in [3.8, 4) is 6.07 Å². The zero-order chi connectivity index (χ0) is 6.57. The topological polar surface area (TPSA) is 105 Å². The summed E-state index contributed by atoms with van der Waals surface area (Å²) in [6.45, 7) is 0. The summed E-state index contributed by atoms with van der Waals surface area (Å²) < 4.78 is 0. The Balaban J connectivity index is 4.20. The SMILES string of the molecule is N#C/C(=N/N)C(N)=O. The van der Waals surface area contributed by atoms with E-state index in [1.807, 2.05) is 0 Å². The molecule has 0 spiro atoms. The Morgan fingerprint density at radius 1 is 1.75 bits per heavy atom. The minimum Gasteiger partial charge on any atom is -0.364 e. The highest BCUT2D eigenvalue weighted by Gasteiger charge is 2.01. The summed E-state index contributed by atoms with van der Waals surface area (Å²) in [5.41, 5.74) is 4.12. The van der Waals surface area contributed by atoms with E-state index in [2.05, 4.69) is 16.7 Å². The van der Waals surface area contributed by atoms with Crippen molar-refractivity contribution >= 4 is 11.6 Å². The first kappa shape index (κ1) is 6.43. The van der Waals surface area contributed by atoms with Gasteiger partial charge in [0.2, 0.25) is 5.71 Å². The van der Waals surface area contributed by atoms with Gasteiger partial charge in [0.05, 0.1) is 0 Å². The molecule has 1 amide bonds. The maximum Gasteiger partial charge on any atom is 0.280 e. The Morgan fingerprint density at radius 3 is 2.25 bits per heavy atom. The maximum atomic E-state index is 9.95. The fourth-order valence-electron chi connectivity index (χ4n) is 0.148. The monoisotopic (exact) mass is 112 g/mol. The quantitative estimate of drug-likeness (QED) is 0.240. The van der Waals surface area contributed by atoms with Gasteiger partial charge in [-0.1, -0.05) is 0 Å². The van der Waals surface area contributed by atoms with Gasteiger partial charge < -0.3 is 11.6 Å². The Bertz CT molecular complexity index is 165. The molecule has 0 radical (unpaired) electrons. The number of hydrazone groups is 1. The molecule has 0 bridgehead atoms. The second-order valence-corrected chi connectivity index (χ2v) is 0.954. The molecule has 5 heteroatoms. The molecule has 8 heavy (non-hydrogen) atoms. The number of nitrogens with zero attached hydrogens (tertiary/aromatic N) is 2. The van der Waals surface area contributed by atoms with Crippen LogP contribution in [0, 0.1) is 11.3 Å². The first-order valence-electron chi connectivity index (χ1n) is 1.70. The Hall–Kier alpha value is -1.57. The third kappa shape index (κ3) is 1.26. The highest BCUT2D eigenvalue weighted by atomic mass is 16.1. The maximum absolute atomic E-state index is 9.95. The van der Waals surface area contributed by atoms with Gasteiger partial charge in [-0.2, -0.15) is 10.4 Å². The molecule has 0 unspecified atom stereocenters. The number of hydrogen-bond donors (Lipinski definition) is 2. The largest absolute Gasteiger partial charge is 0.364 e. The summed E-state index contributed by atoms with van der Waals surface area (Å²) in [4.78, 5) is 9.95. The van der Waals surface area contributed by atoms with Crippen LogP contribution < -0.4 is 11.6 Å². The molecular weight excluding hydrogens is 108 g/mol. The molecule has 0 aliphatic heterocycles. The van der Waals surface area contributed by atoms with E-state index in [1.54, 1.807) is 0 Å². The van der Waals surface area contributed by atoms with E-state index >= 15 is 0 Å². The smallest absolute Gasteiger partial charge is 0.280 e. The average Bonchev–Trinajstić information content (AvgIpc) is 1.69. The van der Waals surface area contributed by atoms with Crippen molar-refractivity contribution in [1.29, 1.82) is 5.26 Å². The van der Waals surface area contributed by atoms with Crippen LogP contribution in [0.2, 0.25) is 0 Å². The van der Waals surface area contributed by atoms with E-state index in [-0.39, 0.29) is 0 Å². The molecular formula is C3H4N4O. The molecule has 0 aliphatic carbocycles. The number of nitriles is 1. The zero-order valence-electron chi connectivity index (χ0n) is 3.96. The first-order valence-corrected chi connectivity index (χ1v) is 1.70. The number of amides is 1. The van der Waals surface area contributed by atoms with Crippen molar-refractivity contribution in [2.24, 2.45) is 16.7 Å². The normalized spacial score (nSPS) is 10.1. The molecule has 42 valence electrons. The van der Waals surface area contributed by atoms with Gasteiger partial charge in [0, 0.05) is 0 Å². The van der Waals surface area contributed by atoms with Gasteiger partial charge in [-0.15, -0.1) is 0 Å². The summed E-state index contributed by atoms with van der Waals surface area (Å²) in [5, 5.41) is 10.7. The van der Waals surface area contributed by atoms with Crippen molar-refractivity contribution in [3.63, 3.8) is 0 Å². The molecule has 0 fully saturated rings. The second-order valence-electron chi connectivity index (χ2n) is 0.954. The Morgan fingerprint density at radius 2 is 2.25 bits per heavy atom. The molecule has 4 N–H and O–H groups in total. The van der Waals surface area contributed by atoms with Crippen LogP contribution in [0.1, 0.15) is 0 Å². The fourth-order valence-corrected chi connectivity index (χ4v) is 0.148. The van der Waals surface area contributed by atoms with E-state index in [0.717, 1.165) is 0 Å². The molecule has 5 nitrogen and oxygen atoms in total. The first-order chi connectivity index (χ1) is 3.72. The minimum atomic E-state index is -0.907.